The minimum absolute atomic E-state index is 0.00995. The van der Waals surface area contributed by atoms with E-state index in [4.69, 9.17) is 4.74 Å². The summed E-state index contributed by atoms with van der Waals surface area (Å²) in [5.74, 6) is -0.583. The molecular weight excluding hydrogens is 508 g/mol. The number of hydrogen-bond acceptors (Lipinski definition) is 6. The minimum Gasteiger partial charge on any atom is -0.492 e. The second-order valence-corrected chi connectivity index (χ2v) is 9.92. The maximum atomic E-state index is 13.3. The fraction of sp³-hybridized carbons (Fsp3) is 0.452. The second kappa shape index (κ2) is 17.1. The largest absolute Gasteiger partial charge is 0.492 e. The molecule has 4 atom stereocenters. The molecule has 3 amide bonds. The zero-order valence-electron chi connectivity index (χ0n) is 24.2. The number of fused-ring (bicyclic) bond motifs is 1. The zero-order valence-corrected chi connectivity index (χ0v) is 24.2. The fourth-order valence-corrected chi connectivity index (χ4v) is 4.20. The average Bonchev–Trinajstić information content (AvgIpc) is 2.94. The molecule has 0 aromatic heterocycles. The molecule has 1 heterocycles. The van der Waals surface area contributed by atoms with Gasteiger partial charge in [0, 0.05) is 25.7 Å². The van der Waals surface area contributed by atoms with Crippen molar-refractivity contribution in [2.45, 2.75) is 52.3 Å². The van der Waals surface area contributed by atoms with Gasteiger partial charge in [0.2, 0.25) is 17.7 Å². The summed E-state index contributed by atoms with van der Waals surface area (Å²) in [7, 11) is 1.49. The fourth-order valence-electron chi connectivity index (χ4n) is 4.20. The van der Waals surface area contributed by atoms with Crippen molar-refractivity contribution in [2.24, 2.45) is 5.92 Å². The normalized spacial score (nSPS) is 21.6. The van der Waals surface area contributed by atoms with Crippen molar-refractivity contribution in [3.05, 3.63) is 71.8 Å². The lowest BCUT2D eigenvalue weighted by Crippen LogP contribution is -2.59. The van der Waals surface area contributed by atoms with E-state index < -0.39 is 24.1 Å². The second-order valence-electron chi connectivity index (χ2n) is 9.92. The van der Waals surface area contributed by atoms with Gasteiger partial charge in [-0.2, -0.15) is 0 Å². The molecule has 9 heteroatoms. The number of rotatable bonds is 3. The Morgan fingerprint density at radius 3 is 2.33 bits per heavy atom. The highest BCUT2D eigenvalue weighted by atomic mass is 16.5. The van der Waals surface area contributed by atoms with Gasteiger partial charge in [-0.15, -0.1) is 0 Å². The maximum Gasteiger partial charge on any atom is 0.245 e. The molecule has 4 unspecified atom stereocenters. The van der Waals surface area contributed by atoms with Crippen LogP contribution in [0, 0.1) is 12.8 Å². The van der Waals surface area contributed by atoms with Crippen LogP contribution >= 0.6 is 0 Å². The van der Waals surface area contributed by atoms with E-state index in [1.807, 2.05) is 62.4 Å². The van der Waals surface area contributed by atoms with Crippen LogP contribution in [0.4, 0.5) is 0 Å². The van der Waals surface area contributed by atoms with Gasteiger partial charge in [-0.25, -0.2) is 0 Å². The number of para-hydroxylation sites is 1. The molecule has 218 valence electrons. The number of nitrogens with zero attached hydrogens (tertiary/aromatic N) is 1. The smallest absolute Gasteiger partial charge is 0.245 e. The van der Waals surface area contributed by atoms with Crippen molar-refractivity contribution in [2.75, 3.05) is 33.3 Å². The summed E-state index contributed by atoms with van der Waals surface area (Å²) in [6.45, 7) is 8.26. The molecule has 9 nitrogen and oxygen atoms in total. The van der Waals surface area contributed by atoms with Gasteiger partial charge >= 0.3 is 0 Å². The topological polar surface area (TPSA) is 120 Å². The Bertz CT molecular complexity index is 1110. The van der Waals surface area contributed by atoms with Crippen LogP contribution in [0.2, 0.25) is 0 Å². The molecule has 0 saturated carbocycles. The van der Waals surface area contributed by atoms with Gasteiger partial charge in [-0.05, 0) is 25.8 Å². The number of benzene rings is 2. The maximum absolute atomic E-state index is 13.3. The summed E-state index contributed by atoms with van der Waals surface area (Å²) in [6.07, 6.45) is 3.28. The predicted molar refractivity (Wildman–Crippen MR) is 158 cm³/mol. The number of hydrogen-bond donors (Lipinski definition) is 4. The van der Waals surface area contributed by atoms with Crippen molar-refractivity contribution in [1.82, 2.24) is 20.9 Å². The van der Waals surface area contributed by atoms with Crippen molar-refractivity contribution >= 4 is 23.8 Å². The van der Waals surface area contributed by atoms with Crippen LogP contribution in [-0.4, -0.2) is 79.2 Å². The standard InChI is InChI=1S/C24H36N4O5.C7H8/c1-5-16(2)21-24(32)28(4)22(17(3)29)23(31)27-15-20(30)25-12-8-10-18-9-6-7-11-19(18)33-14-13-26-21;1-7-5-3-2-4-6-7/h6-11,16-17,21-22,26,29H,5,12-15H2,1-4H3,(H,25,30)(H,27,31);2-6H,1H3/b10-8-;. The van der Waals surface area contributed by atoms with Gasteiger partial charge in [0.25, 0.3) is 0 Å². The molecule has 1 aliphatic heterocycles. The first-order valence-electron chi connectivity index (χ1n) is 13.8. The molecule has 1 aliphatic rings. The predicted octanol–water partition coefficient (Wildman–Crippen LogP) is 2.53. The van der Waals surface area contributed by atoms with Gasteiger partial charge in [-0.3, -0.25) is 14.4 Å². The van der Waals surface area contributed by atoms with Gasteiger partial charge < -0.3 is 30.7 Å². The Morgan fingerprint density at radius 2 is 1.70 bits per heavy atom. The lowest BCUT2D eigenvalue weighted by atomic mass is 9.96. The third-order valence-corrected chi connectivity index (χ3v) is 6.69. The Balaban J connectivity index is 0.000000693. The molecule has 0 aliphatic carbocycles. The minimum atomic E-state index is -1.12. The number of aliphatic hydroxyl groups excluding tert-OH is 1. The summed E-state index contributed by atoms with van der Waals surface area (Å²) in [4.78, 5) is 39.4. The first-order valence-corrected chi connectivity index (χ1v) is 13.8. The van der Waals surface area contributed by atoms with E-state index in [2.05, 4.69) is 35.0 Å². The first kappa shape index (κ1) is 32.5. The molecule has 2 aromatic rings. The summed E-state index contributed by atoms with van der Waals surface area (Å²) < 4.78 is 5.92. The third-order valence-electron chi connectivity index (χ3n) is 6.69. The van der Waals surface area contributed by atoms with Crippen LogP contribution in [-0.2, 0) is 14.4 Å². The average molecular weight is 553 g/mol. The van der Waals surface area contributed by atoms with Crippen LogP contribution < -0.4 is 20.7 Å². The molecule has 0 spiro atoms. The van der Waals surface area contributed by atoms with Gasteiger partial charge in [0.05, 0.1) is 18.7 Å². The number of likely N-dealkylation sites (N-methyl/N-ethyl adjacent to an activating group) is 1. The molecule has 0 bridgehead atoms. The van der Waals surface area contributed by atoms with E-state index in [-0.39, 0.29) is 30.8 Å². The van der Waals surface area contributed by atoms with Gasteiger partial charge in [0.15, 0.2) is 0 Å². The summed E-state index contributed by atoms with van der Waals surface area (Å²) in [5.41, 5.74) is 2.19. The number of amides is 3. The number of nitrogens with one attached hydrogen (secondary N) is 3. The van der Waals surface area contributed by atoms with Crippen LogP contribution in [0.3, 0.4) is 0 Å². The number of aryl methyl sites for hydroxylation is 1. The van der Waals surface area contributed by atoms with Crippen LogP contribution in [0.1, 0.15) is 38.3 Å². The Morgan fingerprint density at radius 1 is 1.02 bits per heavy atom. The summed E-state index contributed by atoms with van der Waals surface area (Å²) >= 11 is 0. The molecule has 40 heavy (non-hydrogen) atoms. The molecule has 3 rings (SSSR count). The summed E-state index contributed by atoms with van der Waals surface area (Å²) in [5, 5.41) is 18.7. The summed E-state index contributed by atoms with van der Waals surface area (Å²) in [6, 6.07) is 16.1. The molecule has 4 N–H and O–H groups in total. The quantitative estimate of drug-likeness (QED) is 0.465. The van der Waals surface area contributed by atoms with Crippen molar-refractivity contribution in [1.29, 1.82) is 0 Å². The van der Waals surface area contributed by atoms with Crippen LogP contribution in [0.5, 0.6) is 5.75 Å². The van der Waals surface area contributed by atoms with E-state index in [1.165, 1.54) is 24.4 Å². The molecule has 0 saturated heterocycles. The molecule has 0 fully saturated rings. The van der Waals surface area contributed by atoms with E-state index in [0.29, 0.717) is 18.9 Å². The Kier molecular flexibility index (Phi) is 13.9. The monoisotopic (exact) mass is 552 g/mol. The van der Waals surface area contributed by atoms with Gasteiger partial charge in [-0.1, -0.05) is 86.5 Å². The Labute approximate surface area is 238 Å². The van der Waals surface area contributed by atoms with E-state index in [9.17, 15) is 19.5 Å². The number of carbonyl (C=O) groups is 3. The molecular formula is C31H44N4O5. The highest BCUT2D eigenvalue weighted by Crippen LogP contribution is 2.19. The van der Waals surface area contributed by atoms with E-state index in [1.54, 1.807) is 6.08 Å². The van der Waals surface area contributed by atoms with Crippen molar-refractivity contribution in [3.8, 4) is 5.75 Å². The molecule has 0 radical (unpaired) electrons. The van der Waals surface area contributed by atoms with E-state index >= 15 is 0 Å². The lowest BCUT2D eigenvalue weighted by molar-refractivity contribution is -0.145. The zero-order chi connectivity index (χ0) is 29.5. The number of ether oxygens (including phenoxy) is 1. The third kappa shape index (κ3) is 10.5. The number of aliphatic hydroxyl groups is 1. The van der Waals surface area contributed by atoms with Crippen LogP contribution in [0.15, 0.2) is 60.7 Å². The van der Waals surface area contributed by atoms with Crippen molar-refractivity contribution in [3.63, 3.8) is 0 Å². The van der Waals surface area contributed by atoms with E-state index in [0.717, 1.165) is 12.0 Å². The molecule has 2 aromatic carbocycles. The highest BCUT2D eigenvalue weighted by molar-refractivity contribution is 5.92. The first-order chi connectivity index (χ1) is 19.1. The Hall–Kier alpha value is -3.69. The van der Waals surface area contributed by atoms with Gasteiger partial charge in [0.1, 0.15) is 18.4 Å². The highest BCUT2D eigenvalue weighted by Gasteiger charge is 2.35. The van der Waals surface area contributed by atoms with Crippen LogP contribution in [0.25, 0.3) is 6.08 Å². The lowest BCUT2D eigenvalue weighted by Gasteiger charge is -2.34. The SMILES string of the molecule is CCC(C)C1NCCOc2ccccc2/C=C\CNC(=O)CNC(=O)C(C(C)O)N(C)C1=O.Cc1ccccc1. The van der Waals surface area contributed by atoms with Crippen molar-refractivity contribution < 1.29 is 24.2 Å². The number of carbonyl (C=O) groups excluding carboxylic acids is 3.